The van der Waals surface area contributed by atoms with E-state index in [1.54, 1.807) is 6.07 Å². The Hall–Kier alpha value is -3.42. The number of aromatic hydroxyl groups is 2. The molecule has 0 unspecified atom stereocenters. The van der Waals surface area contributed by atoms with Crippen molar-refractivity contribution in [2.45, 2.75) is 0 Å². The Morgan fingerprint density at radius 1 is 1.18 bits per heavy atom. The average Bonchev–Trinajstić information content (AvgIpc) is 2.46. The second-order valence-electron chi connectivity index (χ2n) is 4.29. The van der Waals surface area contributed by atoms with Crippen LogP contribution in [0.3, 0.4) is 0 Å². The third kappa shape index (κ3) is 3.79. The van der Waals surface area contributed by atoms with Crippen molar-refractivity contribution < 1.29 is 19.9 Å². The van der Waals surface area contributed by atoms with Crippen molar-refractivity contribution in [2.24, 2.45) is 5.10 Å². The fourth-order valence-corrected chi connectivity index (χ4v) is 1.67. The van der Waals surface area contributed by atoms with Gasteiger partial charge in [0.05, 0.1) is 11.1 Å². The van der Waals surface area contributed by atoms with E-state index in [0.717, 1.165) is 18.2 Å². The summed E-state index contributed by atoms with van der Waals surface area (Å²) >= 11 is 0. The molecule has 2 aromatic rings. The van der Waals surface area contributed by atoms with Crippen LogP contribution in [-0.4, -0.2) is 27.3 Å². The van der Waals surface area contributed by atoms with Crippen LogP contribution in [0.4, 0.5) is 5.69 Å². The number of amides is 1. The maximum atomic E-state index is 11.8. The van der Waals surface area contributed by atoms with Gasteiger partial charge in [-0.05, 0) is 12.1 Å². The van der Waals surface area contributed by atoms with Gasteiger partial charge in [-0.2, -0.15) is 5.10 Å². The molecular weight excluding hydrogens is 290 g/mol. The summed E-state index contributed by atoms with van der Waals surface area (Å²) in [7, 11) is 0. The summed E-state index contributed by atoms with van der Waals surface area (Å²) in [6.07, 6.45) is 1.24. The van der Waals surface area contributed by atoms with E-state index in [4.69, 9.17) is 0 Å². The molecule has 0 heterocycles. The maximum Gasteiger partial charge on any atom is 0.271 e. The number of nitro groups is 1. The van der Waals surface area contributed by atoms with E-state index in [1.807, 2.05) is 0 Å². The Kier molecular flexibility index (Phi) is 4.33. The monoisotopic (exact) mass is 301 g/mol. The number of rotatable bonds is 4. The lowest BCUT2D eigenvalue weighted by Crippen LogP contribution is -2.17. The molecule has 112 valence electrons. The van der Waals surface area contributed by atoms with E-state index in [2.05, 4.69) is 10.5 Å². The van der Waals surface area contributed by atoms with Crippen LogP contribution in [0.25, 0.3) is 0 Å². The van der Waals surface area contributed by atoms with Gasteiger partial charge in [0.1, 0.15) is 11.5 Å². The van der Waals surface area contributed by atoms with Crippen molar-refractivity contribution in [1.29, 1.82) is 0 Å². The largest absolute Gasteiger partial charge is 0.508 e. The van der Waals surface area contributed by atoms with E-state index in [9.17, 15) is 25.1 Å². The van der Waals surface area contributed by atoms with Crippen LogP contribution in [-0.2, 0) is 0 Å². The number of hydrogen-bond acceptors (Lipinski definition) is 6. The number of phenols is 2. The first-order valence-corrected chi connectivity index (χ1v) is 6.06. The molecule has 8 nitrogen and oxygen atoms in total. The second kappa shape index (κ2) is 6.35. The molecule has 0 fully saturated rings. The first-order chi connectivity index (χ1) is 10.5. The summed E-state index contributed by atoms with van der Waals surface area (Å²) < 4.78 is 0. The minimum atomic E-state index is -0.645. The molecule has 0 aliphatic carbocycles. The van der Waals surface area contributed by atoms with Gasteiger partial charge in [-0.15, -0.1) is 0 Å². The van der Waals surface area contributed by atoms with Crippen LogP contribution in [0.15, 0.2) is 47.6 Å². The van der Waals surface area contributed by atoms with Gasteiger partial charge in [0.2, 0.25) is 0 Å². The SMILES string of the molecule is O=C(N/N=C\c1cccc([N+](=O)[O-])c1)c1cc(O)cc(O)c1. The molecular formula is C14H11N3O5. The predicted molar refractivity (Wildman–Crippen MR) is 77.9 cm³/mol. The number of phenolic OH excluding ortho intramolecular Hbond substituents is 2. The highest BCUT2D eigenvalue weighted by atomic mass is 16.6. The van der Waals surface area contributed by atoms with Gasteiger partial charge in [-0.1, -0.05) is 12.1 Å². The molecule has 0 aliphatic rings. The van der Waals surface area contributed by atoms with E-state index in [1.165, 1.54) is 24.4 Å². The van der Waals surface area contributed by atoms with Gasteiger partial charge in [0, 0.05) is 29.3 Å². The molecule has 2 aromatic carbocycles. The molecule has 0 spiro atoms. The van der Waals surface area contributed by atoms with Crippen LogP contribution in [0.5, 0.6) is 11.5 Å². The van der Waals surface area contributed by atoms with Gasteiger partial charge in [-0.25, -0.2) is 5.43 Å². The van der Waals surface area contributed by atoms with Crippen molar-refractivity contribution in [3.8, 4) is 11.5 Å². The Balaban J connectivity index is 2.07. The van der Waals surface area contributed by atoms with Gasteiger partial charge in [0.25, 0.3) is 11.6 Å². The summed E-state index contributed by atoms with van der Waals surface area (Å²) in [5, 5.41) is 32.9. The molecule has 0 atom stereocenters. The zero-order valence-electron chi connectivity index (χ0n) is 11.1. The summed E-state index contributed by atoms with van der Waals surface area (Å²) in [5.74, 6) is -1.16. The van der Waals surface area contributed by atoms with Crippen LogP contribution < -0.4 is 5.43 Å². The molecule has 0 radical (unpaired) electrons. The highest BCUT2D eigenvalue weighted by molar-refractivity contribution is 5.95. The number of carbonyl (C=O) groups is 1. The number of nitrogens with one attached hydrogen (secondary N) is 1. The molecule has 0 aromatic heterocycles. The summed E-state index contributed by atoms with van der Waals surface area (Å²) in [5.41, 5.74) is 2.56. The third-order valence-electron chi connectivity index (χ3n) is 2.63. The predicted octanol–water partition coefficient (Wildman–Crippen LogP) is 1.77. The lowest BCUT2D eigenvalue weighted by molar-refractivity contribution is -0.384. The van der Waals surface area contributed by atoms with E-state index in [0.29, 0.717) is 5.56 Å². The minimum absolute atomic E-state index is 0.0219. The Labute approximate surface area is 124 Å². The third-order valence-corrected chi connectivity index (χ3v) is 2.63. The maximum absolute atomic E-state index is 11.8. The lowest BCUT2D eigenvalue weighted by Gasteiger charge is -2.02. The second-order valence-corrected chi connectivity index (χ2v) is 4.29. The molecule has 3 N–H and O–H groups in total. The number of nitrogens with zero attached hydrogens (tertiary/aromatic N) is 2. The summed E-state index contributed by atoms with van der Waals surface area (Å²) in [6.45, 7) is 0. The molecule has 1 amide bonds. The van der Waals surface area contributed by atoms with Crippen LogP contribution in [0.1, 0.15) is 15.9 Å². The zero-order chi connectivity index (χ0) is 16.1. The lowest BCUT2D eigenvalue weighted by atomic mass is 10.2. The minimum Gasteiger partial charge on any atom is -0.508 e. The quantitative estimate of drug-likeness (QED) is 0.451. The molecule has 22 heavy (non-hydrogen) atoms. The highest BCUT2D eigenvalue weighted by Crippen LogP contribution is 2.20. The van der Waals surface area contributed by atoms with Crippen molar-refractivity contribution >= 4 is 17.8 Å². The van der Waals surface area contributed by atoms with Gasteiger partial charge >= 0.3 is 0 Å². The van der Waals surface area contributed by atoms with Crippen molar-refractivity contribution in [3.05, 3.63) is 63.7 Å². The molecule has 0 saturated heterocycles. The van der Waals surface area contributed by atoms with Gasteiger partial charge in [-0.3, -0.25) is 14.9 Å². The van der Waals surface area contributed by atoms with E-state index >= 15 is 0 Å². The topological polar surface area (TPSA) is 125 Å². The van der Waals surface area contributed by atoms with Gasteiger partial charge < -0.3 is 10.2 Å². The normalized spacial score (nSPS) is 10.5. The van der Waals surface area contributed by atoms with Crippen LogP contribution >= 0.6 is 0 Å². The van der Waals surface area contributed by atoms with Crippen molar-refractivity contribution in [2.75, 3.05) is 0 Å². The van der Waals surface area contributed by atoms with Crippen LogP contribution in [0.2, 0.25) is 0 Å². The number of non-ortho nitro benzene ring substituents is 1. The molecule has 0 saturated carbocycles. The fourth-order valence-electron chi connectivity index (χ4n) is 1.67. The van der Waals surface area contributed by atoms with Gasteiger partial charge in [0.15, 0.2) is 0 Å². The van der Waals surface area contributed by atoms with E-state index < -0.39 is 10.8 Å². The van der Waals surface area contributed by atoms with Crippen molar-refractivity contribution in [1.82, 2.24) is 5.43 Å². The number of hydrazone groups is 1. The Morgan fingerprint density at radius 2 is 1.86 bits per heavy atom. The van der Waals surface area contributed by atoms with Crippen LogP contribution in [0, 0.1) is 10.1 Å². The number of nitro benzene ring substituents is 1. The summed E-state index contributed by atoms with van der Waals surface area (Å²) in [6, 6.07) is 9.14. The standard InChI is InChI=1S/C14H11N3O5/c18-12-5-10(6-13(19)7-12)14(20)16-15-8-9-2-1-3-11(4-9)17(21)22/h1-8,18-19H,(H,16,20)/b15-8-. The molecule has 0 bridgehead atoms. The van der Waals surface area contributed by atoms with E-state index in [-0.39, 0.29) is 22.7 Å². The average molecular weight is 301 g/mol. The first kappa shape index (κ1) is 15.0. The molecule has 2 rings (SSSR count). The molecule has 8 heteroatoms. The fraction of sp³-hybridized carbons (Fsp3) is 0. The number of benzene rings is 2. The summed E-state index contributed by atoms with van der Waals surface area (Å²) in [4.78, 5) is 21.9. The Bertz CT molecular complexity index is 738. The number of hydrogen-bond donors (Lipinski definition) is 3. The highest BCUT2D eigenvalue weighted by Gasteiger charge is 2.08. The molecule has 0 aliphatic heterocycles. The number of carbonyl (C=O) groups excluding carboxylic acids is 1. The van der Waals surface area contributed by atoms with Crippen molar-refractivity contribution in [3.63, 3.8) is 0 Å². The Morgan fingerprint density at radius 3 is 2.50 bits per heavy atom. The zero-order valence-corrected chi connectivity index (χ0v) is 11.1. The first-order valence-electron chi connectivity index (χ1n) is 6.06. The smallest absolute Gasteiger partial charge is 0.271 e.